The summed E-state index contributed by atoms with van der Waals surface area (Å²) in [6, 6.07) is 1.71. The van der Waals surface area contributed by atoms with Crippen LogP contribution in [0.1, 0.15) is 47.2 Å². The number of thiazole rings is 1. The molecule has 7 heteroatoms. The van der Waals surface area contributed by atoms with Crippen molar-refractivity contribution in [1.82, 2.24) is 19.4 Å². The van der Waals surface area contributed by atoms with Crippen molar-refractivity contribution < 1.29 is 9.32 Å². The average Bonchev–Trinajstić information content (AvgIpc) is 3.22. The van der Waals surface area contributed by atoms with Crippen molar-refractivity contribution in [1.29, 1.82) is 0 Å². The van der Waals surface area contributed by atoms with E-state index >= 15 is 0 Å². The Bertz CT molecular complexity index is 818. The highest BCUT2D eigenvalue weighted by atomic mass is 32.1. The number of aryl methyl sites for hydroxylation is 1. The summed E-state index contributed by atoms with van der Waals surface area (Å²) < 4.78 is 7.06. The molecule has 0 saturated carbocycles. The molecule has 22 heavy (non-hydrogen) atoms. The predicted octanol–water partition coefficient (Wildman–Crippen LogP) is 3.06. The fourth-order valence-electron chi connectivity index (χ4n) is 3.05. The van der Waals surface area contributed by atoms with Crippen LogP contribution in [0, 0.1) is 6.92 Å². The Morgan fingerprint density at radius 3 is 3.18 bits per heavy atom. The fourth-order valence-corrected chi connectivity index (χ4v) is 3.91. The van der Waals surface area contributed by atoms with Crippen LogP contribution in [-0.4, -0.2) is 31.9 Å². The molecule has 1 saturated heterocycles. The second kappa shape index (κ2) is 5.24. The lowest BCUT2D eigenvalue weighted by molar-refractivity contribution is 0.0598. The molecular formula is C15H16N4O2S. The second-order valence-corrected chi connectivity index (χ2v) is 6.47. The number of nitrogens with zero attached hydrogens (tertiary/aromatic N) is 4. The molecule has 0 spiro atoms. The molecule has 114 valence electrons. The molecule has 1 aliphatic heterocycles. The van der Waals surface area contributed by atoms with E-state index in [9.17, 15) is 4.79 Å². The van der Waals surface area contributed by atoms with Gasteiger partial charge >= 0.3 is 0 Å². The van der Waals surface area contributed by atoms with E-state index in [-0.39, 0.29) is 11.9 Å². The zero-order valence-corrected chi connectivity index (χ0v) is 13.0. The Hall–Kier alpha value is -2.15. The largest absolute Gasteiger partial charge is 0.361 e. The molecule has 0 unspecified atom stereocenters. The van der Waals surface area contributed by atoms with Gasteiger partial charge in [-0.25, -0.2) is 4.98 Å². The monoisotopic (exact) mass is 316 g/mol. The third-order valence-corrected chi connectivity index (χ3v) is 5.00. The summed E-state index contributed by atoms with van der Waals surface area (Å²) in [6.45, 7) is 2.53. The number of fused-ring (bicyclic) bond motifs is 1. The first-order chi connectivity index (χ1) is 10.7. The lowest BCUT2D eigenvalue weighted by atomic mass is 9.99. The number of likely N-dealkylation sites (tertiary alicyclic amines) is 1. The number of carbonyl (C=O) groups is 1. The van der Waals surface area contributed by atoms with E-state index in [0.29, 0.717) is 11.5 Å². The Balaban J connectivity index is 1.70. The summed E-state index contributed by atoms with van der Waals surface area (Å²) in [6.07, 6.45) is 6.87. The van der Waals surface area contributed by atoms with Gasteiger partial charge in [0.1, 0.15) is 16.9 Å². The van der Waals surface area contributed by atoms with Gasteiger partial charge in [0.05, 0.1) is 11.7 Å². The van der Waals surface area contributed by atoms with Crippen LogP contribution in [-0.2, 0) is 0 Å². The second-order valence-electron chi connectivity index (χ2n) is 5.58. The molecule has 1 aliphatic rings. The van der Waals surface area contributed by atoms with Crippen LogP contribution < -0.4 is 0 Å². The molecule has 0 aromatic carbocycles. The summed E-state index contributed by atoms with van der Waals surface area (Å²) in [5.74, 6) is 0.582. The fraction of sp³-hybridized carbons (Fsp3) is 0.400. The van der Waals surface area contributed by atoms with E-state index in [1.165, 1.54) is 0 Å². The van der Waals surface area contributed by atoms with E-state index in [2.05, 4.69) is 10.1 Å². The maximum Gasteiger partial charge on any atom is 0.276 e. The predicted molar refractivity (Wildman–Crippen MR) is 81.9 cm³/mol. The molecule has 3 aromatic rings. The van der Waals surface area contributed by atoms with Crippen LogP contribution in [0.4, 0.5) is 0 Å². The third kappa shape index (κ3) is 2.12. The molecule has 0 bridgehead atoms. The highest BCUT2D eigenvalue weighted by molar-refractivity contribution is 7.15. The van der Waals surface area contributed by atoms with Crippen LogP contribution >= 0.6 is 11.3 Å². The smallest absolute Gasteiger partial charge is 0.276 e. The van der Waals surface area contributed by atoms with Gasteiger partial charge in [-0.05, 0) is 26.2 Å². The first kappa shape index (κ1) is 13.5. The number of hydrogen-bond donors (Lipinski definition) is 0. The SMILES string of the molecule is Cc1cc(C(=O)N2CCCC[C@H]2c2ncn3ccsc23)no1. The highest BCUT2D eigenvalue weighted by Gasteiger charge is 2.32. The Labute approximate surface area is 131 Å². The van der Waals surface area contributed by atoms with Gasteiger partial charge in [0.25, 0.3) is 5.91 Å². The van der Waals surface area contributed by atoms with Crippen molar-refractivity contribution in [2.24, 2.45) is 0 Å². The Morgan fingerprint density at radius 1 is 1.45 bits per heavy atom. The van der Waals surface area contributed by atoms with Crippen LogP contribution in [0.3, 0.4) is 0 Å². The minimum atomic E-state index is -0.0701. The van der Waals surface area contributed by atoms with Gasteiger partial charge in [0.2, 0.25) is 0 Å². The van der Waals surface area contributed by atoms with Crippen LogP contribution in [0.5, 0.6) is 0 Å². The molecule has 6 nitrogen and oxygen atoms in total. The molecule has 1 atom stereocenters. The van der Waals surface area contributed by atoms with Gasteiger partial charge in [-0.15, -0.1) is 11.3 Å². The molecule has 4 heterocycles. The Kier molecular flexibility index (Phi) is 3.22. The molecule has 4 rings (SSSR count). The van der Waals surface area contributed by atoms with Gasteiger partial charge in [-0.2, -0.15) is 0 Å². The minimum Gasteiger partial charge on any atom is -0.361 e. The van der Waals surface area contributed by atoms with Crippen LogP contribution in [0.15, 0.2) is 28.5 Å². The number of piperidine rings is 1. The maximum absolute atomic E-state index is 12.8. The first-order valence-electron chi connectivity index (χ1n) is 7.38. The molecule has 1 fully saturated rings. The van der Waals surface area contributed by atoms with E-state index in [4.69, 9.17) is 4.52 Å². The normalized spacial score (nSPS) is 19.0. The van der Waals surface area contributed by atoms with Crippen LogP contribution in [0.25, 0.3) is 4.83 Å². The lowest BCUT2D eigenvalue weighted by Crippen LogP contribution is -2.38. The topological polar surface area (TPSA) is 63.6 Å². The van der Waals surface area contributed by atoms with Crippen molar-refractivity contribution in [2.75, 3.05) is 6.54 Å². The van der Waals surface area contributed by atoms with E-state index < -0.39 is 0 Å². The van der Waals surface area contributed by atoms with Crippen LogP contribution in [0.2, 0.25) is 0 Å². The number of imidazole rings is 1. The molecular weight excluding hydrogens is 300 g/mol. The standard InChI is InChI=1S/C15H16N4O2S/c1-10-8-11(17-21-10)14(20)19-5-3-2-4-12(19)13-15-18(9-16-13)6-7-22-15/h6-9,12H,2-5H2,1H3/t12-/m0/s1. The zero-order chi connectivity index (χ0) is 15.1. The van der Waals surface area contributed by atoms with Gasteiger partial charge < -0.3 is 9.42 Å². The molecule has 0 N–H and O–H groups in total. The number of rotatable bonds is 2. The van der Waals surface area contributed by atoms with Crippen molar-refractivity contribution >= 4 is 22.1 Å². The van der Waals surface area contributed by atoms with Crippen molar-refractivity contribution in [3.63, 3.8) is 0 Å². The van der Waals surface area contributed by atoms with Crippen molar-refractivity contribution in [3.8, 4) is 0 Å². The van der Waals surface area contributed by atoms with E-state index in [0.717, 1.165) is 36.3 Å². The highest BCUT2D eigenvalue weighted by Crippen LogP contribution is 2.34. The Morgan fingerprint density at radius 2 is 2.36 bits per heavy atom. The average molecular weight is 316 g/mol. The lowest BCUT2D eigenvalue weighted by Gasteiger charge is -2.34. The third-order valence-electron chi connectivity index (χ3n) is 4.10. The molecule has 0 radical (unpaired) electrons. The maximum atomic E-state index is 12.8. The van der Waals surface area contributed by atoms with E-state index in [1.807, 2.05) is 27.2 Å². The van der Waals surface area contributed by atoms with Gasteiger partial charge in [-0.3, -0.25) is 9.20 Å². The molecule has 3 aromatic heterocycles. The van der Waals surface area contributed by atoms with Gasteiger partial charge in [0, 0.05) is 24.2 Å². The van der Waals surface area contributed by atoms with Gasteiger partial charge in [-0.1, -0.05) is 5.16 Å². The quantitative estimate of drug-likeness (QED) is 0.729. The van der Waals surface area contributed by atoms with E-state index in [1.54, 1.807) is 24.3 Å². The van der Waals surface area contributed by atoms with Crippen molar-refractivity contribution in [3.05, 3.63) is 41.1 Å². The molecule has 1 amide bonds. The summed E-state index contributed by atoms with van der Waals surface area (Å²) in [5, 5.41) is 5.91. The summed E-state index contributed by atoms with van der Waals surface area (Å²) >= 11 is 1.66. The number of carbonyl (C=O) groups excluding carboxylic acids is 1. The number of hydrogen-bond acceptors (Lipinski definition) is 5. The minimum absolute atomic E-state index is 0.0157. The summed E-state index contributed by atoms with van der Waals surface area (Å²) in [5.41, 5.74) is 1.37. The molecule has 0 aliphatic carbocycles. The number of aromatic nitrogens is 3. The first-order valence-corrected chi connectivity index (χ1v) is 8.26. The van der Waals surface area contributed by atoms with Crippen molar-refractivity contribution in [2.45, 2.75) is 32.2 Å². The summed E-state index contributed by atoms with van der Waals surface area (Å²) in [7, 11) is 0. The van der Waals surface area contributed by atoms with Gasteiger partial charge in [0.15, 0.2) is 5.69 Å². The zero-order valence-electron chi connectivity index (χ0n) is 12.2. The summed E-state index contributed by atoms with van der Waals surface area (Å²) in [4.78, 5) is 20.3. The number of amides is 1.